The number of nitrogens with zero attached hydrogens (tertiary/aromatic N) is 3. The first-order valence-electron chi connectivity index (χ1n) is 10.4. The molecule has 6 rings (SSSR count). The number of benzene rings is 2. The Morgan fingerprint density at radius 3 is 2.55 bits per heavy atom. The molecule has 0 saturated heterocycles. The molecular weight excluding hydrogens is 402 g/mol. The number of thiazole rings is 1. The molecule has 1 unspecified atom stereocenters. The van der Waals surface area contributed by atoms with Gasteiger partial charge in [-0.05, 0) is 53.3 Å². The van der Waals surface area contributed by atoms with E-state index in [2.05, 4.69) is 41.4 Å². The van der Waals surface area contributed by atoms with Gasteiger partial charge in [0.2, 0.25) is 0 Å². The van der Waals surface area contributed by atoms with Gasteiger partial charge in [-0.25, -0.2) is 4.99 Å². The lowest BCUT2D eigenvalue weighted by Crippen LogP contribution is -2.38. The summed E-state index contributed by atoms with van der Waals surface area (Å²) in [5.74, 6) is 0. The minimum atomic E-state index is -0.125. The van der Waals surface area contributed by atoms with Gasteiger partial charge in [0, 0.05) is 18.0 Å². The normalized spacial score (nSPS) is 17.5. The zero-order chi connectivity index (χ0) is 20.8. The smallest absolute Gasteiger partial charge is 0.271 e. The maximum Gasteiger partial charge on any atom is 0.271 e. The summed E-state index contributed by atoms with van der Waals surface area (Å²) < 4.78 is 2.58. The Labute approximate surface area is 183 Å². The number of aryl methyl sites for hydroxylation is 1. The average Bonchev–Trinajstić information content (AvgIpc) is 3.13. The van der Waals surface area contributed by atoms with Crippen LogP contribution >= 0.6 is 11.3 Å². The van der Waals surface area contributed by atoms with Gasteiger partial charge in [-0.15, -0.1) is 0 Å². The molecule has 1 atom stereocenters. The van der Waals surface area contributed by atoms with Crippen LogP contribution in [0.25, 0.3) is 11.8 Å². The van der Waals surface area contributed by atoms with Crippen LogP contribution in [0.15, 0.2) is 94.5 Å². The molecular formula is C26H19N3OS. The third kappa shape index (κ3) is 3.01. The fourth-order valence-corrected chi connectivity index (χ4v) is 5.57. The zero-order valence-electron chi connectivity index (χ0n) is 16.7. The summed E-state index contributed by atoms with van der Waals surface area (Å²) in [5.41, 5.74) is 6.88. The maximum absolute atomic E-state index is 13.6. The van der Waals surface area contributed by atoms with E-state index >= 15 is 0 Å². The molecule has 2 aliphatic rings. The van der Waals surface area contributed by atoms with E-state index in [0.717, 1.165) is 34.5 Å². The summed E-state index contributed by atoms with van der Waals surface area (Å²) in [5, 5.41) is 0. The van der Waals surface area contributed by atoms with Gasteiger partial charge in [-0.2, -0.15) is 0 Å². The second-order valence-corrected chi connectivity index (χ2v) is 8.81. The number of hydrogen-bond acceptors (Lipinski definition) is 4. The van der Waals surface area contributed by atoms with Gasteiger partial charge in [-0.3, -0.25) is 14.3 Å². The lowest BCUT2D eigenvalue weighted by atomic mass is 9.83. The Bertz CT molecular complexity index is 1500. The predicted molar refractivity (Wildman–Crippen MR) is 123 cm³/mol. The molecule has 4 nitrogen and oxygen atoms in total. The average molecular weight is 422 g/mol. The van der Waals surface area contributed by atoms with Crippen molar-refractivity contribution < 1.29 is 0 Å². The van der Waals surface area contributed by atoms with E-state index in [9.17, 15) is 4.79 Å². The fourth-order valence-electron chi connectivity index (χ4n) is 4.57. The summed E-state index contributed by atoms with van der Waals surface area (Å²) in [6, 6.07) is 22.5. The summed E-state index contributed by atoms with van der Waals surface area (Å²) in [7, 11) is 0. The lowest BCUT2D eigenvalue weighted by Gasteiger charge is -2.30. The van der Waals surface area contributed by atoms with Gasteiger partial charge in [0.05, 0.1) is 16.3 Å². The summed E-state index contributed by atoms with van der Waals surface area (Å²) in [6.45, 7) is 0. The Balaban J connectivity index is 1.65. The SMILES string of the molecule is O=c1/c(=C/c2ccncc2)sc2n1C(c1ccccc1)C1=C(N=2)c2ccccc2CC1. The molecule has 1 aliphatic heterocycles. The van der Waals surface area contributed by atoms with E-state index < -0.39 is 0 Å². The van der Waals surface area contributed by atoms with Crippen LogP contribution in [-0.4, -0.2) is 9.55 Å². The van der Waals surface area contributed by atoms with Crippen molar-refractivity contribution in [2.24, 2.45) is 4.99 Å². The Kier molecular flexibility index (Phi) is 4.28. The van der Waals surface area contributed by atoms with Crippen LogP contribution in [-0.2, 0) is 6.42 Å². The van der Waals surface area contributed by atoms with Gasteiger partial charge in [0.1, 0.15) is 0 Å². The van der Waals surface area contributed by atoms with Gasteiger partial charge in [0.15, 0.2) is 4.80 Å². The highest BCUT2D eigenvalue weighted by atomic mass is 32.1. The first kappa shape index (κ1) is 18.2. The summed E-state index contributed by atoms with van der Waals surface area (Å²) >= 11 is 1.46. The first-order chi connectivity index (χ1) is 15.3. The van der Waals surface area contributed by atoms with Crippen molar-refractivity contribution in [3.63, 3.8) is 0 Å². The lowest BCUT2D eigenvalue weighted by molar-refractivity contribution is 0.585. The third-order valence-corrected chi connectivity index (χ3v) is 6.98. The molecule has 3 heterocycles. The van der Waals surface area contributed by atoms with Crippen molar-refractivity contribution in [1.82, 2.24) is 9.55 Å². The monoisotopic (exact) mass is 421 g/mol. The van der Waals surface area contributed by atoms with Crippen LogP contribution in [0.5, 0.6) is 0 Å². The van der Waals surface area contributed by atoms with Crippen molar-refractivity contribution >= 4 is 23.1 Å². The van der Waals surface area contributed by atoms with Crippen LogP contribution in [0, 0.1) is 0 Å². The maximum atomic E-state index is 13.6. The number of allylic oxidation sites excluding steroid dienone is 1. The molecule has 0 N–H and O–H groups in total. The minimum absolute atomic E-state index is 0.0137. The summed E-state index contributed by atoms with van der Waals surface area (Å²) in [6.07, 6.45) is 7.29. The number of pyridine rings is 1. The van der Waals surface area contributed by atoms with Crippen molar-refractivity contribution in [2.75, 3.05) is 0 Å². The van der Waals surface area contributed by atoms with Crippen molar-refractivity contribution in [3.05, 3.63) is 127 Å². The molecule has 31 heavy (non-hydrogen) atoms. The topological polar surface area (TPSA) is 47.2 Å². The highest BCUT2D eigenvalue weighted by Gasteiger charge is 2.32. The largest absolute Gasteiger partial charge is 0.272 e. The van der Waals surface area contributed by atoms with Crippen LogP contribution < -0.4 is 14.9 Å². The molecule has 2 aromatic carbocycles. The molecule has 4 aromatic rings. The van der Waals surface area contributed by atoms with E-state index in [0.29, 0.717) is 4.53 Å². The summed E-state index contributed by atoms with van der Waals surface area (Å²) in [4.78, 5) is 23.4. The third-order valence-electron chi connectivity index (χ3n) is 5.99. The minimum Gasteiger partial charge on any atom is -0.272 e. The standard InChI is InChI=1S/C26H19N3OS/c30-25-22(16-17-12-14-27-15-13-17)31-26-28-23-20-9-5-4-6-18(20)10-11-21(23)24(29(25)26)19-7-2-1-3-8-19/h1-9,12-16,24H,10-11H2/b22-16-. The van der Waals surface area contributed by atoms with E-state index in [4.69, 9.17) is 4.99 Å². The van der Waals surface area contributed by atoms with Crippen LogP contribution in [0.4, 0.5) is 0 Å². The molecule has 0 radical (unpaired) electrons. The number of rotatable bonds is 2. The molecule has 0 amide bonds. The number of hydrogen-bond donors (Lipinski definition) is 0. The number of fused-ring (bicyclic) bond motifs is 3. The molecule has 150 valence electrons. The van der Waals surface area contributed by atoms with Gasteiger partial charge >= 0.3 is 0 Å². The van der Waals surface area contributed by atoms with Crippen LogP contribution in [0.3, 0.4) is 0 Å². The fraction of sp³-hybridized carbons (Fsp3) is 0.115. The van der Waals surface area contributed by atoms with Gasteiger partial charge in [0.25, 0.3) is 5.56 Å². The molecule has 2 aromatic heterocycles. The predicted octanol–water partition coefficient (Wildman–Crippen LogP) is 3.71. The molecule has 1 aliphatic carbocycles. The molecule has 0 spiro atoms. The highest BCUT2D eigenvalue weighted by Crippen LogP contribution is 2.41. The molecule has 0 bridgehead atoms. The van der Waals surface area contributed by atoms with Crippen molar-refractivity contribution in [3.8, 4) is 0 Å². The van der Waals surface area contributed by atoms with E-state index in [-0.39, 0.29) is 11.6 Å². The van der Waals surface area contributed by atoms with E-state index in [1.807, 2.05) is 41.0 Å². The van der Waals surface area contributed by atoms with Crippen molar-refractivity contribution in [1.29, 1.82) is 0 Å². The molecule has 5 heteroatoms. The second kappa shape index (κ2) is 7.29. The highest BCUT2D eigenvalue weighted by molar-refractivity contribution is 7.07. The van der Waals surface area contributed by atoms with Crippen molar-refractivity contribution in [2.45, 2.75) is 18.9 Å². The van der Waals surface area contributed by atoms with Crippen LogP contribution in [0.1, 0.15) is 34.7 Å². The second-order valence-electron chi connectivity index (χ2n) is 7.80. The number of aromatic nitrogens is 2. The van der Waals surface area contributed by atoms with Gasteiger partial charge in [-0.1, -0.05) is 65.9 Å². The van der Waals surface area contributed by atoms with E-state index in [1.54, 1.807) is 12.4 Å². The molecule has 0 saturated carbocycles. The molecule has 0 fully saturated rings. The van der Waals surface area contributed by atoms with Gasteiger partial charge < -0.3 is 0 Å². The Morgan fingerprint density at radius 2 is 1.71 bits per heavy atom. The van der Waals surface area contributed by atoms with Crippen LogP contribution in [0.2, 0.25) is 0 Å². The zero-order valence-corrected chi connectivity index (χ0v) is 17.5. The quantitative estimate of drug-likeness (QED) is 0.495. The first-order valence-corrected chi connectivity index (χ1v) is 11.2. The Hall–Kier alpha value is -3.57. The Morgan fingerprint density at radius 1 is 0.935 bits per heavy atom. The van der Waals surface area contributed by atoms with E-state index in [1.165, 1.54) is 28.0 Å².